The van der Waals surface area contributed by atoms with E-state index < -0.39 is 0 Å². The number of methoxy groups -OCH3 is 2. The van der Waals surface area contributed by atoms with E-state index in [1.54, 1.807) is 14.2 Å². The number of ether oxygens (including phenoxy) is 2. The van der Waals surface area contributed by atoms with Crippen molar-refractivity contribution < 1.29 is 14.3 Å². The summed E-state index contributed by atoms with van der Waals surface area (Å²) in [6.07, 6.45) is 3.66. The van der Waals surface area contributed by atoms with E-state index in [1.807, 2.05) is 0 Å². The van der Waals surface area contributed by atoms with Gasteiger partial charge in [0.15, 0.2) is 6.29 Å². The van der Waals surface area contributed by atoms with E-state index in [0.29, 0.717) is 18.9 Å². The summed E-state index contributed by atoms with van der Waals surface area (Å²) in [5.41, 5.74) is 0. The number of carbonyl (C=O) groups is 1. The zero-order chi connectivity index (χ0) is 12.5. The minimum atomic E-state index is -0.352. The fourth-order valence-corrected chi connectivity index (χ4v) is 2.05. The Morgan fingerprint density at radius 3 is 2.82 bits per heavy atom. The summed E-state index contributed by atoms with van der Waals surface area (Å²) >= 11 is 0. The number of rotatable bonds is 7. The number of nitrogens with one attached hydrogen (secondary N) is 2. The Hall–Kier alpha value is -0.650. The van der Waals surface area contributed by atoms with Gasteiger partial charge in [0.05, 0.1) is 6.54 Å². The van der Waals surface area contributed by atoms with Crippen molar-refractivity contribution in [1.29, 1.82) is 0 Å². The fourth-order valence-electron chi connectivity index (χ4n) is 2.05. The van der Waals surface area contributed by atoms with Gasteiger partial charge in [-0.3, -0.25) is 4.79 Å². The minimum Gasteiger partial charge on any atom is -0.354 e. The summed E-state index contributed by atoms with van der Waals surface area (Å²) in [7, 11) is 3.13. The molecule has 1 rings (SSSR count). The first kappa shape index (κ1) is 14.4. The number of amides is 1. The van der Waals surface area contributed by atoms with Crippen LogP contribution in [0.15, 0.2) is 0 Å². The first-order chi connectivity index (χ1) is 8.26. The molecule has 1 amide bonds. The number of carbonyl (C=O) groups excluding carboxylic acids is 1. The van der Waals surface area contributed by atoms with Gasteiger partial charge in [0.1, 0.15) is 0 Å². The van der Waals surface area contributed by atoms with Gasteiger partial charge < -0.3 is 20.1 Å². The molecule has 1 aliphatic heterocycles. The molecule has 100 valence electrons. The van der Waals surface area contributed by atoms with Gasteiger partial charge in [-0.05, 0) is 38.3 Å². The first-order valence-electron chi connectivity index (χ1n) is 6.29. The second kappa shape index (κ2) is 8.44. The van der Waals surface area contributed by atoms with Crippen LogP contribution in [0.25, 0.3) is 0 Å². The molecule has 17 heavy (non-hydrogen) atoms. The molecule has 1 aliphatic rings. The van der Waals surface area contributed by atoms with Crippen LogP contribution in [0, 0.1) is 5.92 Å². The maximum absolute atomic E-state index is 11.6. The second-order valence-electron chi connectivity index (χ2n) is 4.46. The minimum absolute atomic E-state index is 0.0784. The molecule has 0 aromatic heterocycles. The van der Waals surface area contributed by atoms with Gasteiger partial charge in [0.2, 0.25) is 5.91 Å². The van der Waals surface area contributed by atoms with Crippen molar-refractivity contribution in [1.82, 2.24) is 10.6 Å². The van der Waals surface area contributed by atoms with E-state index in [9.17, 15) is 4.79 Å². The lowest BCUT2D eigenvalue weighted by molar-refractivity contribution is -0.127. The third kappa shape index (κ3) is 6.00. The van der Waals surface area contributed by atoms with Crippen LogP contribution in [0.5, 0.6) is 0 Å². The Labute approximate surface area is 103 Å². The fraction of sp³-hybridized carbons (Fsp3) is 0.917. The zero-order valence-electron chi connectivity index (χ0n) is 10.8. The molecule has 1 atom stereocenters. The Kier molecular flexibility index (Phi) is 7.16. The van der Waals surface area contributed by atoms with Gasteiger partial charge in [0.25, 0.3) is 0 Å². The van der Waals surface area contributed by atoms with Crippen molar-refractivity contribution in [3.05, 3.63) is 0 Å². The van der Waals surface area contributed by atoms with Crippen LogP contribution >= 0.6 is 0 Å². The predicted molar refractivity (Wildman–Crippen MR) is 65.6 cm³/mol. The SMILES string of the molecule is COC(CNC(=O)CCC1CCCNC1)OC. The van der Waals surface area contributed by atoms with Crippen molar-refractivity contribution in [3.63, 3.8) is 0 Å². The van der Waals surface area contributed by atoms with Gasteiger partial charge in [-0.2, -0.15) is 0 Å². The normalized spacial score (nSPS) is 20.5. The first-order valence-corrected chi connectivity index (χ1v) is 6.29. The maximum atomic E-state index is 11.6. The Bertz CT molecular complexity index is 214. The average molecular weight is 244 g/mol. The van der Waals surface area contributed by atoms with E-state index in [0.717, 1.165) is 19.5 Å². The van der Waals surface area contributed by atoms with Crippen LogP contribution in [0.1, 0.15) is 25.7 Å². The number of hydrogen-bond acceptors (Lipinski definition) is 4. The van der Waals surface area contributed by atoms with Gasteiger partial charge in [-0.25, -0.2) is 0 Å². The molecule has 2 N–H and O–H groups in total. The van der Waals surface area contributed by atoms with Crippen LogP contribution in [0.3, 0.4) is 0 Å². The molecule has 1 unspecified atom stereocenters. The molecule has 5 nitrogen and oxygen atoms in total. The average Bonchev–Trinajstić information content (AvgIpc) is 2.39. The molecule has 0 aromatic carbocycles. The Morgan fingerprint density at radius 1 is 1.47 bits per heavy atom. The van der Waals surface area contributed by atoms with Gasteiger partial charge in [0, 0.05) is 20.6 Å². The lowest BCUT2D eigenvalue weighted by Gasteiger charge is -2.22. The van der Waals surface area contributed by atoms with E-state index in [2.05, 4.69) is 10.6 Å². The predicted octanol–water partition coefficient (Wildman–Crippen LogP) is 0.501. The van der Waals surface area contributed by atoms with Crippen molar-refractivity contribution in [2.45, 2.75) is 32.0 Å². The standard InChI is InChI=1S/C12H24N2O3/c1-16-12(17-2)9-14-11(15)6-5-10-4-3-7-13-8-10/h10,12-13H,3-9H2,1-2H3,(H,14,15). The molecule has 0 radical (unpaired) electrons. The molecule has 0 aromatic rings. The van der Waals surface area contributed by atoms with Crippen LogP contribution in [-0.4, -0.2) is 46.1 Å². The van der Waals surface area contributed by atoms with E-state index in [1.165, 1.54) is 12.8 Å². The Morgan fingerprint density at radius 2 is 2.24 bits per heavy atom. The van der Waals surface area contributed by atoms with Crippen LogP contribution in [-0.2, 0) is 14.3 Å². The third-order valence-electron chi connectivity index (χ3n) is 3.17. The number of hydrogen-bond donors (Lipinski definition) is 2. The van der Waals surface area contributed by atoms with Crippen LogP contribution in [0.4, 0.5) is 0 Å². The molecule has 1 saturated heterocycles. The summed E-state index contributed by atoms with van der Waals surface area (Å²) in [4.78, 5) is 11.6. The molecule has 0 bridgehead atoms. The molecular formula is C12H24N2O3. The van der Waals surface area contributed by atoms with E-state index >= 15 is 0 Å². The molecule has 0 saturated carbocycles. The van der Waals surface area contributed by atoms with Gasteiger partial charge >= 0.3 is 0 Å². The summed E-state index contributed by atoms with van der Waals surface area (Å²) in [5.74, 6) is 0.727. The quantitative estimate of drug-likeness (QED) is 0.640. The van der Waals surface area contributed by atoms with Crippen LogP contribution in [0.2, 0.25) is 0 Å². The van der Waals surface area contributed by atoms with Gasteiger partial charge in [-0.1, -0.05) is 0 Å². The van der Waals surface area contributed by atoms with Crippen LogP contribution < -0.4 is 10.6 Å². The van der Waals surface area contributed by atoms with Crippen molar-refractivity contribution in [3.8, 4) is 0 Å². The third-order valence-corrected chi connectivity index (χ3v) is 3.17. The van der Waals surface area contributed by atoms with E-state index in [-0.39, 0.29) is 12.2 Å². The van der Waals surface area contributed by atoms with Crippen molar-refractivity contribution >= 4 is 5.91 Å². The summed E-state index contributed by atoms with van der Waals surface area (Å²) < 4.78 is 9.99. The van der Waals surface area contributed by atoms with Crippen molar-refractivity contribution in [2.75, 3.05) is 33.9 Å². The zero-order valence-corrected chi connectivity index (χ0v) is 10.8. The smallest absolute Gasteiger partial charge is 0.220 e. The summed E-state index contributed by atoms with van der Waals surface area (Å²) in [6.45, 7) is 2.58. The Balaban J connectivity index is 2.07. The monoisotopic (exact) mass is 244 g/mol. The topological polar surface area (TPSA) is 59.6 Å². The molecule has 1 heterocycles. The molecule has 0 aliphatic carbocycles. The molecule has 0 spiro atoms. The maximum Gasteiger partial charge on any atom is 0.220 e. The van der Waals surface area contributed by atoms with Crippen molar-refractivity contribution in [2.24, 2.45) is 5.92 Å². The largest absolute Gasteiger partial charge is 0.354 e. The number of piperidine rings is 1. The summed E-state index contributed by atoms with van der Waals surface area (Å²) in [5, 5.41) is 6.17. The highest BCUT2D eigenvalue weighted by molar-refractivity contribution is 5.75. The summed E-state index contributed by atoms with van der Waals surface area (Å²) in [6, 6.07) is 0. The highest BCUT2D eigenvalue weighted by atomic mass is 16.7. The molecular weight excluding hydrogens is 220 g/mol. The molecule has 1 fully saturated rings. The molecule has 5 heteroatoms. The highest BCUT2D eigenvalue weighted by Crippen LogP contribution is 2.15. The lowest BCUT2D eigenvalue weighted by atomic mass is 9.94. The van der Waals surface area contributed by atoms with E-state index in [4.69, 9.17) is 9.47 Å². The highest BCUT2D eigenvalue weighted by Gasteiger charge is 2.15. The van der Waals surface area contributed by atoms with Gasteiger partial charge in [-0.15, -0.1) is 0 Å². The second-order valence-corrected chi connectivity index (χ2v) is 4.46. The lowest BCUT2D eigenvalue weighted by Crippen LogP contribution is -2.35.